The van der Waals surface area contributed by atoms with Crippen LogP contribution in [-0.4, -0.2) is 17.4 Å². The zero-order valence-electron chi connectivity index (χ0n) is 15.2. The van der Waals surface area contributed by atoms with Gasteiger partial charge < -0.3 is 10.1 Å². The van der Waals surface area contributed by atoms with E-state index in [9.17, 15) is 14.9 Å². The van der Waals surface area contributed by atoms with Crippen LogP contribution in [0.15, 0.2) is 54.6 Å². The van der Waals surface area contributed by atoms with Crippen LogP contribution in [0, 0.1) is 16.0 Å². The third-order valence-electron chi connectivity index (χ3n) is 5.02. The van der Waals surface area contributed by atoms with Gasteiger partial charge in [-0.2, -0.15) is 0 Å². The molecule has 0 saturated heterocycles. The molecule has 0 aliphatic heterocycles. The number of nitrogens with zero attached hydrogens (tertiary/aromatic N) is 1. The number of nitrogens with one attached hydrogen (secondary N) is 1. The first-order chi connectivity index (χ1) is 13.1. The first kappa shape index (κ1) is 18.9. The molecule has 2 aromatic carbocycles. The van der Waals surface area contributed by atoms with Crippen molar-refractivity contribution in [2.24, 2.45) is 5.92 Å². The van der Waals surface area contributed by atoms with E-state index < -0.39 is 4.92 Å². The maximum Gasteiger partial charge on any atom is 0.310 e. The number of nitro groups is 1. The molecule has 6 nitrogen and oxygen atoms in total. The van der Waals surface area contributed by atoms with E-state index in [1.54, 1.807) is 12.1 Å². The molecule has 6 heteroatoms. The summed E-state index contributed by atoms with van der Waals surface area (Å²) in [6.45, 7) is -0.249. The van der Waals surface area contributed by atoms with Gasteiger partial charge in [0.25, 0.3) is 5.91 Å². The zero-order valence-corrected chi connectivity index (χ0v) is 15.2. The number of nitro benzene ring substituents is 1. The summed E-state index contributed by atoms with van der Waals surface area (Å²) in [6.07, 6.45) is 5.77. The maximum atomic E-state index is 12.5. The molecule has 0 aromatic heterocycles. The molecule has 1 aliphatic carbocycles. The van der Waals surface area contributed by atoms with Gasteiger partial charge in [0.05, 0.1) is 11.0 Å². The maximum absolute atomic E-state index is 12.5. The third-order valence-corrected chi connectivity index (χ3v) is 5.02. The first-order valence-electron chi connectivity index (χ1n) is 9.35. The van der Waals surface area contributed by atoms with E-state index in [0.29, 0.717) is 5.92 Å². The Balaban J connectivity index is 1.67. The lowest BCUT2D eigenvalue weighted by molar-refractivity contribution is -0.385. The van der Waals surface area contributed by atoms with E-state index in [1.165, 1.54) is 31.4 Å². The van der Waals surface area contributed by atoms with Gasteiger partial charge in [0.1, 0.15) is 0 Å². The van der Waals surface area contributed by atoms with Crippen LogP contribution in [0.1, 0.15) is 43.7 Å². The van der Waals surface area contributed by atoms with E-state index in [2.05, 4.69) is 5.32 Å². The number of hydrogen-bond donors (Lipinski definition) is 1. The highest BCUT2D eigenvalue weighted by Gasteiger charge is 2.26. The highest BCUT2D eigenvalue weighted by atomic mass is 16.6. The molecule has 1 N–H and O–H groups in total. The summed E-state index contributed by atoms with van der Waals surface area (Å²) in [7, 11) is 0. The molecule has 0 bridgehead atoms. The van der Waals surface area contributed by atoms with Gasteiger partial charge >= 0.3 is 5.69 Å². The normalized spacial score (nSPS) is 15.7. The smallest absolute Gasteiger partial charge is 0.310 e. The predicted octanol–water partition coefficient (Wildman–Crippen LogP) is 4.41. The molecule has 1 atom stereocenters. The molecule has 142 valence electrons. The lowest BCUT2D eigenvalue weighted by Crippen LogP contribution is -2.37. The minimum Gasteiger partial charge on any atom is -0.477 e. The molecule has 1 amide bonds. The van der Waals surface area contributed by atoms with Crippen molar-refractivity contribution in [2.75, 3.05) is 6.61 Å². The highest BCUT2D eigenvalue weighted by Crippen LogP contribution is 2.34. The second-order valence-corrected chi connectivity index (χ2v) is 6.87. The first-order valence-corrected chi connectivity index (χ1v) is 9.35. The molecule has 1 aliphatic rings. The van der Waals surface area contributed by atoms with E-state index in [-0.39, 0.29) is 30.0 Å². The quantitative estimate of drug-likeness (QED) is 0.580. The summed E-state index contributed by atoms with van der Waals surface area (Å²) < 4.78 is 5.43. The van der Waals surface area contributed by atoms with Gasteiger partial charge in [-0.05, 0) is 30.4 Å². The molecule has 27 heavy (non-hydrogen) atoms. The molecule has 1 unspecified atom stereocenters. The molecule has 0 spiro atoms. The summed E-state index contributed by atoms with van der Waals surface area (Å²) in [4.78, 5) is 23.1. The van der Waals surface area contributed by atoms with Crippen LogP contribution in [0.3, 0.4) is 0 Å². The second kappa shape index (κ2) is 9.16. The molecule has 0 radical (unpaired) electrons. The Morgan fingerprint density at radius 3 is 2.44 bits per heavy atom. The van der Waals surface area contributed by atoms with E-state index >= 15 is 0 Å². The van der Waals surface area contributed by atoms with Crippen LogP contribution in [-0.2, 0) is 4.79 Å². The minimum absolute atomic E-state index is 0.0617. The van der Waals surface area contributed by atoms with Crippen LogP contribution in [0.4, 0.5) is 5.69 Å². The summed E-state index contributed by atoms with van der Waals surface area (Å²) in [5.41, 5.74) is 0.945. The average Bonchev–Trinajstić information content (AvgIpc) is 2.72. The van der Waals surface area contributed by atoms with Crippen molar-refractivity contribution in [3.8, 4) is 5.75 Å². The number of carbonyl (C=O) groups is 1. The van der Waals surface area contributed by atoms with Crippen LogP contribution in [0.5, 0.6) is 5.75 Å². The molecule has 2 aromatic rings. The fraction of sp³-hybridized carbons (Fsp3) is 0.381. The topological polar surface area (TPSA) is 81.5 Å². The second-order valence-electron chi connectivity index (χ2n) is 6.87. The Bertz CT molecular complexity index is 773. The average molecular weight is 368 g/mol. The van der Waals surface area contributed by atoms with Gasteiger partial charge in [-0.3, -0.25) is 14.9 Å². The lowest BCUT2D eigenvalue weighted by Gasteiger charge is -2.31. The van der Waals surface area contributed by atoms with E-state index in [0.717, 1.165) is 18.4 Å². The Labute approximate surface area is 158 Å². The van der Waals surface area contributed by atoms with Crippen LogP contribution < -0.4 is 10.1 Å². The fourth-order valence-corrected chi connectivity index (χ4v) is 3.69. The summed E-state index contributed by atoms with van der Waals surface area (Å²) in [5, 5.41) is 14.1. The lowest BCUT2D eigenvalue weighted by atomic mass is 9.81. The number of hydrogen-bond acceptors (Lipinski definition) is 4. The number of benzene rings is 2. The summed E-state index contributed by atoms with van der Waals surface area (Å²) in [5.74, 6) is 0.232. The van der Waals surface area contributed by atoms with Crippen molar-refractivity contribution < 1.29 is 14.5 Å². The zero-order chi connectivity index (χ0) is 19.1. The number of para-hydroxylation sites is 2. The SMILES string of the molecule is O=C(COc1ccccc1[N+](=O)[O-])NC(c1ccccc1)C1CCCCC1. The minimum atomic E-state index is -0.512. The fourth-order valence-electron chi connectivity index (χ4n) is 3.69. The monoisotopic (exact) mass is 368 g/mol. The van der Waals surface area contributed by atoms with E-state index in [4.69, 9.17) is 4.74 Å². The molecule has 0 heterocycles. The number of amides is 1. The largest absolute Gasteiger partial charge is 0.477 e. The number of rotatable bonds is 7. The Morgan fingerprint density at radius 2 is 1.74 bits per heavy atom. The standard InChI is InChI=1S/C21H24N2O4/c24-20(15-27-19-14-8-7-13-18(19)23(25)26)22-21(16-9-3-1-4-10-16)17-11-5-2-6-12-17/h1,3-4,7-10,13-14,17,21H,2,5-6,11-12,15H2,(H,22,24). The molecular formula is C21H24N2O4. The van der Waals surface area contributed by atoms with Gasteiger partial charge in [-0.25, -0.2) is 0 Å². The predicted molar refractivity (Wildman–Crippen MR) is 102 cm³/mol. The van der Waals surface area contributed by atoms with Gasteiger partial charge in [0.15, 0.2) is 12.4 Å². The van der Waals surface area contributed by atoms with Crippen molar-refractivity contribution in [1.82, 2.24) is 5.32 Å². The molecule has 3 rings (SSSR count). The van der Waals surface area contributed by atoms with Crippen molar-refractivity contribution in [2.45, 2.75) is 38.1 Å². The van der Waals surface area contributed by atoms with Crippen LogP contribution in [0.25, 0.3) is 0 Å². The van der Waals surface area contributed by atoms with Crippen molar-refractivity contribution in [3.63, 3.8) is 0 Å². The van der Waals surface area contributed by atoms with Crippen LogP contribution in [0.2, 0.25) is 0 Å². The highest BCUT2D eigenvalue weighted by molar-refractivity contribution is 5.78. The van der Waals surface area contributed by atoms with Crippen LogP contribution >= 0.6 is 0 Å². The van der Waals surface area contributed by atoms with Crippen molar-refractivity contribution in [1.29, 1.82) is 0 Å². The molecular weight excluding hydrogens is 344 g/mol. The van der Waals surface area contributed by atoms with Gasteiger partial charge in [-0.15, -0.1) is 0 Å². The number of ether oxygens (including phenoxy) is 1. The Kier molecular flexibility index (Phi) is 6.41. The summed E-state index contributed by atoms with van der Waals surface area (Å²) >= 11 is 0. The number of carbonyl (C=O) groups excluding carboxylic acids is 1. The Hall–Kier alpha value is -2.89. The third kappa shape index (κ3) is 5.06. The van der Waals surface area contributed by atoms with Gasteiger partial charge in [0, 0.05) is 6.07 Å². The van der Waals surface area contributed by atoms with Gasteiger partial charge in [0.2, 0.25) is 0 Å². The Morgan fingerprint density at radius 1 is 1.07 bits per heavy atom. The van der Waals surface area contributed by atoms with Crippen molar-refractivity contribution >= 4 is 11.6 Å². The summed E-state index contributed by atoms with van der Waals surface area (Å²) in [6, 6.07) is 16.0. The van der Waals surface area contributed by atoms with Crippen molar-refractivity contribution in [3.05, 3.63) is 70.3 Å². The molecule has 1 saturated carbocycles. The van der Waals surface area contributed by atoms with Gasteiger partial charge in [-0.1, -0.05) is 61.7 Å². The molecule has 1 fully saturated rings. The van der Waals surface area contributed by atoms with E-state index in [1.807, 2.05) is 30.3 Å².